The van der Waals surface area contributed by atoms with Gasteiger partial charge in [0.2, 0.25) is 11.8 Å². The molecule has 3 aliphatic heterocycles. The van der Waals surface area contributed by atoms with E-state index < -0.39 is 23.3 Å². The second kappa shape index (κ2) is 11.5. The molecule has 0 aromatic heterocycles. The summed E-state index contributed by atoms with van der Waals surface area (Å²) in [7, 11) is 2.92. The molecule has 1 unspecified atom stereocenters. The van der Waals surface area contributed by atoms with Crippen LogP contribution in [0.1, 0.15) is 45.9 Å². The monoisotopic (exact) mass is 544 g/mol. The van der Waals surface area contributed by atoms with Crippen LogP contribution in [-0.2, 0) is 25.7 Å². The lowest BCUT2D eigenvalue weighted by Crippen LogP contribution is -2.42. The first-order valence-corrected chi connectivity index (χ1v) is 13.3. The van der Waals surface area contributed by atoms with Crippen LogP contribution in [0.5, 0.6) is 5.75 Å². The highest BCUT2D eigenvalue weighted by Gasteiger charge is 2.48. The van der Waals surface area contributed by atoms with Gasteiger partial charge in [0.1, 0.15) is 17.2 Å². The number of rotatable bonds is 6. The van der Waals surface area contributed by atoms with Crippen molar-refractivity contribution in [2.75, 3.05) is 46.9 Å². The van der Waals surface area contributed by atoms with Crippen molar-refractivity contribution in [2.24, 2.45) is 5.41 Å². The lowest BCUT2D eigenvalue weighted by atomic mass is 9.85. The van der Waals surface area contributed by atoms with Crippen molar-refractivity contribution >= 4 is 23.7 Å². The lowest BCUT2D eigenvalue weighted by molar-refractivity contribution is -0.147. The van der Waals surface area contributed by atoms with Crippen LogP contribution in [0.2, 0.25) is 0 Å². The number of imide groups is 1. The molecule has 0 bridgehead atoms. The molecule has 208 valence electrons. The van der Waals surface area contributed by atoms with Gasteiger partial charge in [-0.2, -0.15) is 0 Å². The molecule has 3 amide bonds. The van der Waals surface area contributed by atoms with E-state index in [0.717, 1.165) is 43.7 Å². The first kappa shape index (κ1) is 27.4. The van der Waals surface area contributed by atoms with Gasteiger partial charge in [0.15, 0.2) is 0 Å². The summed E-state index contributed by atoms with van der Waals surface area (Å²) in [6.45, 7) is 3.49. The van der Waals surface area contributed by atoms with Gasteiger partial charge >= 0.3 is 5.97 Å². The van der Waals surface area contributed by atoms with Crippen LogP contribution in [0.3, 0.4) is 0 Å². The number of hydrogen-bond acceptors (Lipinski definition) is 8. The molecule has 5 rings (SSSR count). The Labute approximate surface area is 233 Å². The largest absolute Gasteiger partial charge is 0.497 e. The minimum Gasteiger partial charge on any atom is -0.497 e. The van der Waals surface area contributed by atoms with Crippen LogP contribution in [0, 0.1) is 17.3 Å². The number of amides is 3. The lowest BCUT2D eigenvalue weighted by Gasteiger charge is -2.28. The van der Waals surface area contributed by atoms with Crippen molar-refractivity contribution < 1.29 is 28.7 Å². The first-order chi connectivity index (χ1) is 19.3. The summed E-state index contributed by atoms with van der Waals surface area (Å²) < 4.78 is 10.3. The van der Waals surface area contributed by atoms with E-state index in [1.54, 1.807) is 29.2 Å². The summed E-state index contributed by atoms with van der Waals surface area (Å²) in [6, 6.07) is 12.0. The number of carbonyl (C=O) groups is 4. The maximum absolute atomic E-state index is 13.2. The predicted molar refractivity (Wildman–Crippen MR) is 145 cm³/mol. The molecule has 0 aliphatic carbocycles. The van der Waals surface area contributed by atoms with Crippen LogP contribution in [0.15, 0.2) is 42.5 Å². The third-order valence-corrected chi connectivity index (χ3v) is 7.64. The summed E-state index contributed by atoms with van der Waals surface area (Å²) in [5.41, 5.74) is 1.39. The second-order valence-corrected chi connectivity index (χ2v) is 10.3. The van der Waals surface area contributed by atoms with Crippen LogP contribution < -0.4 is 15.4 Å². The van der Waals surface area contributed by atoms with Crippen molar-refractivity contribution in [3.05, 3.63) is 64.7 Å². The third kappa shape index (κ3) is 5.43. The van der Waals surface area contributed by atoms with E-state index in [2.05, 4.69) is 27.4 Å². The number of fused-ring (bicyclic) bond motifs is 1. The van der Waals surface area contributed by atoms with Crippen LogP contribution in [0.25, 0.3) is 0 Å². The molecule has 2 aromatic rings. The second-order valence-electron chi connectivity index (χ2n) is 10.3. The van der Waals surface area contributed by atoms with E-state index in [-0.39, 0.29) is 24.8 Å². The highest BCUT2D eigenvalue weighted by atomic mass is 16.5. The number of ether oxygens (including phenoxy) is 2. The van der Waals surface area contributed by atoms with Gasteiger partial charge in [-0.1, -0.05) is 30.0 Å². The molecule has 2 aromatic carbocycles. The topological polar surface area (TPSA) is 117 Å². The van der Waals surface area contributed by atoms with E-state index in [1.165, 1.54) is 14.2 Å². The SMILES string of the molecule is COC(=O)C(c1ccc(C#C[C@]2(CN3Cc4ccc(OC)cc4C3=O)CC(=O)NC2=O)cc1)N1CCCNCC1. The van der Waals surface area contributed by atoms with Gasteiger partial charge in [-0.05, 0) is 48.4 Å². The van der Waals surface area contributed by atoms with Crippen molar-refractivity contribution in [3.63, 3.8) is 0 Å². The van der Waals surface area contributed by atoms with Crippen LogP contribution in [0.4, 0.5) is 0 Å². The van der Waals surface area contributed by atoms with E-state index >= 15 is 0 Å². The molecule has 40 heavy (non-hydrogen) atoms. The molecule has 2 fully saturated rings. The highest BCUT2D eigenvalue weighted by Crippen LogP contribution is 2.34. The zero-order chi connectivity index (χ0) is 28.3. The summed E-state index contributed by atoms with van der Waals surface area (Å²) in [6.07, 6.45) is 0.797. The average Bonchev–Trinajstić information content (AvgIpc) is 3.26. The fourth-order valence-corrected chi connectivity index (χ4v) is 5.51. The number of carbonyl (C=O) groups excluding carboxylic acids is 4. The number of benzene rings is 2. The molecule has 0 spiro atoms. The van der Waals surface area contributed by atoms with Crippen LogP contribution in [-0.4, -0.2) is 80.4 Å². The van der Waals surface area contributed by atoms with E-state index in [0.29, 0.717) is 23.4 Å². The Balaban J connectivity index is 1.38. The predicted octanol–water partition coefficient (Wildman–Crippen LogP) is 1.25. The molecule has 2 saturated heterocycles. The fourth-order valence-electron chi connectivity index (χ4n) is 5.51. The van der Waals surface area contributed by atoms with Crippen molar-refractivity contribution in [3.8, 4) is 17.6 Å². The Kier molecular flexibility index (Phi) is 7.87. The maximum atomic E-state index is 13.2. The third-order valence-electron chi connectivity index (χ3n) is 7.64. The number of nitrogens with zero attached hydrogens (tertiary/aromatic N) is 2. The number of esters is 1. The number of methoxy groups -OCH3 is 2. The van der Waals surface area contributed by atoms with E-state index in [4.69, 9.17) is 9.47 Å². The van der Waals surface area contributed by atoms with Gasteiger partial charge in [0, 0.05) is 43.9 Å². The zero-order valence-corrected chi connectivity index (χ0v) is 22.6. The minimum absolute atomic E-state index is 0.0150. The fraction of sp³-hybridized carbons (Fsp3) is 0.400. The average molecular weight is 545 g/mol. The van der Waals surface area contributed by atoms with E-state index in [9.17, 15) is 19.2 Å². The van der Waals surface area contributed by atoms with Crippen molar-refractivity contribution in [2.45, 2.75) is 25.4 Å². The van der Waals surface area contributed by atoms with Gasteiger partial charge in [-0.15, -0.1) is 0 Å². The summed E-state index contributed by atoms with van der Waals surface area (Å²) in [4.78, 5) is 54.8. The minimum atomic E-state index is -1.37. The molecule has 0 radical (unpaired) electrons. The van der Waals surface area contributed by atoms with Gasteiger partial charge in [-0.25, -0.2) is 4.79 Å². The Bertz CT molecular complexity index is 1390. The maximum Gasteiger partial charge on any atom is 0.327 e. The summed E-state index contributed by atoms with van der Waals surface area (Å²) in [5, 5.41) is 5.70. The summed E-state index contributed by atoms with van der Waals surface area (Å²) in [5.74, 6) is 5.16. The molecular weight excluding hydrogens is 512 g/mol. The van der Waals surface area contributed by atoms with Gasteiger partial charge in [0.25, 0.3) is 5.91 Å². The van der Waals surface area contributed by atoms with Crippen molar-refractivity contribution in [1.29, 1.82) is 0 Å². The molecule has 10 heteroatoms. The van der Waals surface area contributed by atoms with Gasteiger partial charge in [0.05, 0.1) is 20.6 Å². The summed E-state index contributed by atoms with van der Waals surface area (Å²) >= 11 is 0. The van der Waals surface area contributed by atoms with Crippen molar-refractivity contribution in [1.82, 2.24) is 20.4 Å². The Morgan fingerprint density at radius 2 is 1.88 bits per heavy atom. The van der Waals surface area contributed by atoms with Crippen LogP contribution >= 0.6 is 0 Å². The smallest absolute Gasteiger partial charge is 0.327 e. The quantitative estimate of drug-likeness (QED) is 0.317. The number of nitrogens with one attached hydrogen (secondary N) is 2. The molecule has 3 heterocycles. The normalized spacial score (nSPS) is 21.6. The molecule has 2 N–H and O–H groups in total. The Morgan fingerprint density at radius 1 is 1.07 bits per heavy atom. The highest BCUT2D eigenvalue weighted by molar-refractivity contribution is 6.08. The molecule has 3 aliphatic rings. The standard InChI is InChI=1S/C30H32N4O6/c1-39-23-9-8-22-18-34(27(36)24(22)16-23)19-30(17-25(35)32-29(30)38)11-10-20-4-6-21(7-5-20)26(28(37)40-2)33-14-3-12-31-13-15-33/h4-9,16,26,31H,3,12-15,17-19H2,1-2H3,(H,32,35,38)/t26?,30-/m1/s1. The molecule has 2 atom stereocenters. The molecule has 0 saturated carbocycles. The van der Waals surface area contributed by atoms with Gasteiger partial charge < -0.3 is 19.7 Å². The Morgan fingerprint density at radius 3 is 2.58 bits per heavy atom. The molecular formula is C30H32N4O6. The van der Waals surface area contributed by atoms with E-state index in [1.807, 2.05) is 18.2 Å². The van der Waals surface area contributed by atoms with Gasteiger partial charge in [-0.3, -0.25) is 24.6 Å². The zero-order valence-electron chi connectivity index (χ0n) is 22.6. The Hall–Kier alpha value is -4.20. The number of hydrogen-bond donors (Lipinski definition) is 2. The first-order valence-electron chi connectivity index (χ1n) is 13.3. The molecule has 10 nitrogen and oxygen atoms in total.